The molecule has 0 radical (unpaired) electrons. The molecule has 1 aliphatic carbocycles. The van der Waals surface area contributed by atoms with Crippen LogP contribution in [-0.4, -0.2) is 58.2 Å². The summed E-state index contributed by atoms with van der Waals surface area (Å²) in [6.45, 7) is 16.6. The first-order chi connectivity index (χ1) is 24.7. The minimum Gasteiger partial charge on any atom is -0.461 e. The first-order valence-corrected chi connectivity index (χ1v) is 19.6. The van der Waals surface area contributed by atoms with Crippen molar-refractivity contribution >= 4 is 59.5 Å². The van der Waals surface area contributed by atoms with Gasteiger partial charge in [0.1, 0.15) is 17.7 Å². The molecular formula is C40H44ClN5O5Si. The largest absolute Gasteiger partial charge is 0.461 e. The van der Waals surface area contributed by atoms with Crippen molar-refractivity contribution in [2.45, 2.75) is 70.7 Å². The van der Waals surface area contributed by atoms with Crippen LogP contribution in [-0.2, 0) is 13.9 Å². The van der Waals surface area contributed by atoms with Crippen molar-refractivity contribution in [2.24, 2.45) is 5.92 Å². The number of hydrogen-bond donors (Lipinski definition) is 1. The average molecular weight is 738 g/mol. The summed E-state index contributed by atoms with van der Waals surface area (Å²) in [6.07, 6.45) is 1.01. The van der Waals surface area contributed by atoms with E-state index in [0.717, 1.165) is 15.9 Å². The molecule has 5 aromatic rings. The Balaban J connectivity index is 1.42. The van der Waals surface area contributed by atoms with E-state index in [1.165, 1.54) is 0 Å². The fraction of sp³-hybridized carbons (Fsp3) is 0.325. The molecule has 0 saturated heterocycles. The lowest BCUT2D eigenvalue weighted by Crippen LogP contribution is -2.68. The van der Waals surface area contributed by atoms with Gasteiger partial charge in [0.15, 0.2) is 10.8 Å². The first-order valence-electron chi connectivity index (χ1n) is 17.3. The third-order valence-electron chi connectivity index (χ3n) is 9.28. The van der Waals surface area contributed by atoms with Gasteiger partial charge >= 0.3 is 12.1 Å². The summed E-state index contributed by atoms with van der Waals surface area (Å²) in [5.41, 5.74) is 1.31. The van der Waals surface area contributed by atoms with Crippen LogP contribution in [0, 0.1) is 5.92 Å². The van der Waals surface area contributed by atoms with E-state index in [1.54, 1.807) is 51.4 Å². The molecule has 2 heterocycles. The van der Waals surface area contributed by atoms with Crippen LogP contribution < -0.4 is 15.7 Å². The number of carbonyl (C=O) groups excluding carboxylic acids is 2. The van der Waals surface area contributed by atoms with Gasteiger partial charge in [0.25, 0.3) is 8.32 Å². The number of imidazole rings is 1. The maximum absolute atomic E-state index is 13.3. The SMILES string of the molecule is C=C1[C@H](COC(=O)c2ccccc2)[C@@H](O[Si](c2ccccc2)(c2ccccc2)C(C)(C)C)C[C@@H]1n1cnc2c(Cl)nc(NC(=O)OC(C)(C)C)nc21. The summed E-state index contributed by atoms with van der Waals surface area (Å²) in [5, 5.41) is 4.63. The van der Waals surface area contributed by atoms with E-state index in [-0.39, 0.29) is 34.7 Å². The molecule has 1 fully saturated rings. The Morgan fingerprint density at radius 2 is 1.48 bits per heavy atom. The lowest BCUT2D eigenvalue weighted by Gasteiger charge is -2.45. The van der Waals surface area contributed by atoms with E-state index in [0.29, 0.717) is 23.1 Å². The summed E-state index contributed by atoms with van der Waals surface area (Å²) >= 11 is 6.59. The van der Waals surface area contributed by atoms with Gasteiger partial charge in [-0.25, -0.2) is 14.6 Å². The highest BCUT2D eigenvalue weighted by molar-refractivity contribution is 6.99. The molecule has 0 spiro atoms. The average Bonchev–Trinajstić information content (AvgIpc) is 3.65. The molecule has 0 bridgehead atoms. The monoisotopic (exact) mass is 737 g/mol. The fourth-order valence-electron chi connectivity index (χ4n) is 6.96. The van der Waals surface area contributed by atoms with Crippen LogP contribution in [0.15, 0.2) is 109 Å². The number of fused-ring (bicyclic) bond motifs is 1. The van der Waals surface area contributed by atoms with Crippen LogP contribution >= 0.6 is 11.6 Å². The Bertz CT molecular complexity index is 2020. The number of carbonyl (C=O) groups is 2. The van der Waals surface area contributed by atoms with Crippen molar-refractivity contribution in [3.05, 3.63) is 120 Å². The highest BCUT2D eigenvalue weighted by Gasteiger charge is 2.54. The summed E-state index contributed by atoms with van der Waals surface area (Å²) in [7, 11) is -3.04. The Morgan fingerprint density at radius 3 is 2.04 bits per heavy atom. The summed E-state index contributed by atoms with van der Waals surface area (Å²) < 4.78 is 21.0. The topological polar surface area (TPSA) is 117 Å². The second kappa shape index (κ2) is 14.6. The zero-order chi connectivity index (χ0) is 37.3. The van der Waals surface area contributed by atoms with Crippen LogP contribution in [0.1, 0.15) is 64.4 Å². The first kappa shape index (κ1) is 36.9. The van der Waals surface area contributed by atoms with Crippen molar-refractivity contribution in [2.75, 3.05) is 11.9 Å². The summed E-state index contributed by atoms with van der Waals surface area (Å²) in [4.78, 5) is 39.3. The lowest BCUT2D eigenvalue weighted by molar-refractivity contribution is 0.0365. The molecule has 1 amide bonds. The van der Waals surface area contributed by atoms with Gasteiger partial charge in [-0.2, -0.15) is 9.97 Å². The normalized spacial score (nSPS) is 18.0. The Labute approximate surface area is 310 Å². The Kier molecular flexibility index (Phi) is 10.4. The van der Waals surface area contributed by atoms with Crippen molar-refractivity contribution in [3.8, 4) is 0 Å². The lowest BCUT2D eigenvalue weighted by atomic mass is 10.0. The second-order valence-corrected chi connectivity index (χ2v) is 19.6. The third-order valence-corrected chi connectivity index (χ3v) is 14.6. The molecule has 10 nitrogen and oxygen atoms in total. The van der Waals surface area contributed by atoms with Crippen LogP contribution in [0.2, 0.25) is 10.2 Å². The molecule has 1 N–H and O–H groups in total. The molecule has 270 valence electrons. The number of halogens is 1. The number of nitrogens with zero attached hydrogens (tertiary/aromatic N) is 4. The standard InChI is InChI=1S/C40H44ClN5O5Si/c1-26-30(24-49-36(47)27-17-11-8-12-18-27)32(51-52(40(5,6)7,28-19-13-9-14-20-28)29-21-15-10-16-22-29)23-31(26)46-25-42-33-34(41)43-37(44-35(33)46)45-38(48)50-39(2,3)4/h8-22,25,30-32H,1,23-24H2,2-7H3,(H,43,44,45,48)/t30-,31-,32-/m0/s1. The van der Waals surface area contributed by atoms with Gasteiger partial charge in [-0.1, -0.05) is 118 Å². The number of hydrogen-bond acceptors (Lipinski definition) is 8. The zero-order valence-corrected chi connectivity index (χ0v) is 32.1. The van der Waals surface area contributed by atoms with Gasteiger partial charge in [-0.15, -0.1) is 0 Å². The fourth-order valence-corrected chi connectivity index (χ4v) is 11.9. The number of ether oxygens (including phenoxy) is 2. The molecule has 3 aromatic carbocycles. The van der Waals surface area contributed by atoms with Crippen molar-refractivity contribution in [1.82, 2.24) is 19.5 Å². The molecular weight excluding hydrogens is 694 g/mol. The molecule has 3 atom stereocenters. The third kappa shape index (κ3) is 7.53. The zero-order valence-electron chi connectivity index (χ0n) is 30.3. The van der Waals surface area contributed by atoms with Crippen LogP contribution in [0.5, 0.6) is 0 Å². The number of nitrogens with one attached hydrogen (secondary N) is 1. The maximum Gasteiger partial charge on any atom is 0.414 e. The molecule has 0 unspecified atom stereocenters. The molecule has 6 rings (SSSR count). The number of amides is 1. The molecule has 1 saturated carbocycles. The Morgan fingerprint density at radius 1 is 0.904 bits per heavy atom. The molecule has 1 aliphatic rings. The van der Waals surface area contributed by atoms with Gasteiger partial charge in [-0.3, -0.25) is 5.32 Å². The number of benzene rings is 3. The number of aromatic nitrogens is 4. The van der Waals surface area contributed by atoms with Gasteiger partial charge in [0.2, 0.25) is 5.95 Å². The van der Waals surface area contributed by atoms with Crippen LogP contribution in [0.3, 0.4) is 0 Å². The summed E-state index contributed by atoms with van der Waals surface area (Å²) in [5.74, 6) is -0.828. The molecule has 2 aromatic heterocycles. The highest BCUT2D eigenvalue weighted by Crippen LogP contribution is 2.46. The number of esters is 1. The quantitative estimate of drug-likeness (QED) is 0.0707. The smallest absolute Gasteiger partial charge is 0.414 e. The molecule has 52 heavy (non-hydrogen) atoms. The van der Waals surface area contributed by atoms with E-state index in [4.69, 9.17) is 25.5 Å². The van der Waals surface area contributed by atoms with E-state index in [9.17, 15) is 9.59 Å². The Hall–Kier alpha value is -4.84. The number of rotatable bonds is 9. The van der Waals surface area contributed by atoms with E-state index in [2.05, 4.69) is 96.1 Å². The van der Waals surface area contributed by atoms with Crippen molar-refractivity contribution in [3.63, 3.8) is 0 Å². The number of anilines is 1. The maximum atomic E-state index is 13.3. The van der Waals surface area contributed by atoms with E-state index in [1.807, 2.05) is 22.8 Å². The van der Waals surface area contributed by atoms with Crippen LogP contribution in [0.25, 0.3) is 11.2 Å². The second-order valence-electron chi connectivity index (χ2n) is 15.0. The molecule has 12 heteroatoms. The van der Waals surface area contributed by atoms with Gasteiger partial charge in [-0.05, 0) is 60.3 Å². The molecule has 0 aliphatic heterocycles. The van der Waals surface area contributed by atoms with Gasteiger partial charge < -0.3 is 18.5 Å². The van der Waals surface area contributed by atoms with E-state index < -0.39 is 32.1 Å². The van der Waals surface area contributed by atoms with Gasteiger partial charge in [0.05, 0.1) is 24.0 Å². The van der Waals surface area contributed by atoms with Crippen LogP contribution in [0.4, 0.5) is 10.7 Å². The van der Waals surface area contributed by atoms with Gasteiger partial charge in [0, 0.05) is 5.92 Å². The summed E-state index contributed by atoms with van der Waals surface area (Å²) in [6, 6.07) is 29.4. The predicted octanol–water partition coefficient (Wildman–Crippen LogP) is 7.75. The van der Waals surface area contributed by atoms with Crippen molar-refractivity contribution < 1.29 is 23.5 Å². The minimum absolute atomic E-state index is 0.0226. The predicted molar refractivity (Wildman–Crippen MR) is 206 cm³/mol. The highest BCUT2D eigenvalue weighted by atomic mass is 35.5. The van der Waals surface area contributed by atoms with Crippen molar-refractivity contribution in [1.29, 1.82) is 0 Å². The minimum atomic E-state index is -3.04. The van der Waals surface area contributed by atoms with E-state index >= 15 is 0 Å².